The van der Waals surface area contributed by atoms with Crippen LogP contribution in [0.2, 0.25) is 0 Å². The predicted molar refractivity (Wildman–Crippen MR) is 62.2 cm³/mol. The number of furan rings is 1. The molecule has 0 bridgehead atoms. The Morgan fingerprint density at radius 3 is 2.94 bits per heavy atom. The maximum Gasteiger partial charge on any atom is 0.433 e. The normalized spacial score (nSPS) is 26.5. The topological polar surface area (TPSA) is 131 Å². The summed E-state index contributed by atoms with van der Waals surface area (Å²) >= 11 is 0. The molecular weight excluding hydrogens is 238 g/mol. The van der Waals surface area contributed by atoms with Gasteiger partial charge in [0.05, 0.1) is 12.1 Å². The maximum atomic E-state index is 10.5. The van der Waals surface area contributed by atoms with Gasteiger partial charge in [-0.1, -0.05) is 0 Å². The van der Waals surface area contributed by atoms with E-state index in [4.69, 9.17) is 15.4 Å². The summed E-state index contributed by atoms with van der Waals surface area (Å²) in [5, 5.41) is 19.6. The first kappa shape index (κ1) is 11.9. The number of nitriles is 1. The molecule has 0 spiro atoms. The molecule has 2 atom stereocenters. The highest BCUT2D eigenvalue weighted by atomic mass is 16.6. The molecule has 0 fully saturated rings. The minimum atomic E-state index is -1.47. The molecule has 0 saturated heterocycles. The molecule has 0 radical (unpaired) electrons. The second kappa shape index (κ2) is 4.05. The van der Waals surface area contributed by atoms with Crippen molar-refractivity contribution in [1.29, 1.82) is 5.26 Å². The van der Waals surface area contributed by atoms with E-state index in [1.165, 1.54) is 18.3 Å². The minimum Gasteiger partial charge on any atom is -0.403 e. The third-order valence-corrected chi connectivity index (χ3v) is 2.49. The Hall–Kier alpha value is -2.53. The van der Waals surface area contributed by atoms with Crippen LogP contribution < -0.4 is 5.73 Å². The van der Waals surface area contributed by atoms with Crippen LogP contribution in [0.4, 0.5) is 5.88 Å². The Kier molecular flexibility index (Phi) is 2.68. The van der Waals surface area contributed by atoms with Crippen LogP contribution in [0, 0.1) is 21.4 Å². The monoisotopic (exact) mass is 247 g/mol. The molecule has 0 aliphatic carbocycles. The number of aliphatic imine (C=N–C) groups is 2. The lowest BCUT2D eigenvalue weighted by Crippen LogP contribution is -2.47. The van der Waals surface area contributed by atoms with Gasteiger partial charge in [-0.15, -0.1) is 0 Å². The van der Waals surface area contributed by atoms with Crippen molar-refractivity contribution < 1.29 is 9.34 Å². The van der Waals surface area contributed by atoms with E-state index in [1.807, 2.05) is 6.07 Å². The van der Waals surface area contributed by atoms with Crippen LogP contribution in [0.25, 0.3) is 0 Å². The van der Waals surface area contributed by atoms with Crippen molar-refractivity contribution in [3.63, 3.8) is 0 Å². The maximum absolute atomic E-state index is 10.5. The Bertz CT molecular complexity index is 597. The standard InChI is InChI=1S/C10H9N5O3/c1-6-13-5-10(12,4-11)9(14-6)7-2-3-8(18-7)15(16)17/h2-3,5,9H,12H2,1H3. The van der Waals surface area contributed by atoms with Crippen LogP contribution in [-0.4, -0.2) is 22.5 Å². The van der Waals surface area contributed by atoms with Crippen molar-refractivity contribution in [3.8, 4) is 6.07 Å². The molecule has 2 heterocycles. The summed E-state index contributed by atoms with van der Waals surface area (Å²) in [5.74, 6) is 0.173. The van der Waals surface area contributed by atoms with Gasteiger partial charge in [-0.05, 0) is 13.0 Å². The highest BCUT2D eigenvalue weighted by Crippen LogP contribution is 2.32. The molecule has 2 N–H and O–H groups in total. The molecule has 92 valence electrons. The summed E-state index contributed by atoms with van der Waals surface area (Å²) in [6.07, 6.45) is 1.27. The smallest absolute Gasteiger partial charge is 0.403 e. The molecule has 18 heavy (non-hydrogen) atoms. The Balaban J connectivity index is 2.44. The summed E-state index contributed by atoms with van der Waals surface area (Å²) in [7, 11) is 0. The van der Waals surface area contributed by atoms with Crippen molar-refractivity contribution in [2.24, 2.45) is 15.7 Å². The van der Waals surface area contributed by atoms with Crippen LogP contribution >= 0.6 is 0 Å². The number of amidine groups is 1. The largest absolute Gasteiger partial charge is 0.433 e. The van der Waals surface area contributed by atoms with Gasteiger partial charge in [-0.2, -0.15) is 5.26 Å². The summed E-state index contributed by atoms with van der Waals surface area (Å²) in [5.41, 5.74) is 4.37. The average Bonchev–Trinajstić information content (AvgIpc) is 2.82. The number of nitrogens with two attached hydrogens (primary N) is 1. The molecule has 8 heteroatoms. The highest BCUT2D eigenvalue weighted by molar-refractivity contribution is 5.94. The molecule has 2 rings (SSSR count). The Labute approximate surface area is 102 Å². The van der Waals surface area contributed by atoms with Crippen molar-refractivity contribution in [2.45, 2.75) is 18.5 Å². The fraction of sp³-hybridized carbons (Fsp3) is 0.300. The zero-order valence-electron chi connectivity index (χ0n) is 9.40. The fourth-order valence-corrected chi connectivity index (χ4v) is 1.57. The molecule has 1 aliphatic heterocycles. The van der Waals surface area contributed by atoms with E-state index in [2.05, 4.69) is 9.98 Å². The first-order valence-corrected chi connectivity index (χ1v) is 5.00. The van der Waals surface area contributed by atoms with Gasteiger partial charge >= 0.3 is 5.88 Å². The van der Waals surface area contributed by atoms with E-state index in [0.717, 1.165) is 0 Å². The molecule has 1 aliphatic rings. The molecule has 0 aromatic carbocycles. The average molecular weight is 247 g/mol. The number of nitrogens with zero attached hydrogens (tertiary/aromatic N) is 4. The van der Waals surface area contributed by atoms with Gasteiger partial charge in [0.2, 0.25) is 0 Å². The van der Waals surface area contributed by atoms with E-state index in [0.29, 0.717) is 5.84 Å². The fourth-order valence-electron chi connectivity index (χ4n) is 1.57. The van der Waals surface area contributed by atoms with Gasteiger partial charge < -0.3 is 10.2 Å². The SMILES string of the molecule is CC1=NC(c2ccc([N+](=O)[O-])o2)C(N)(C#N)C=N1. The molecule has 1 aromatic heterocycles. The van der Waals surface area contributed by atoms with Crippen molar-refractivity contribution in [3.05, 3.63) is 28.0 Å². The van der Waals surface area contributed by atoms with Crippen LogP contribution in [0.1, 0.15) is 18.7 Å². The van der Waals surface area contributed by atoms with Gasteiger partial charge in [0, 0.05) is 6.21 Å². The highest BCUT2D eigenvalue weighted by Gasteiger charge is 2.40. The number of hydrogen-bond acceptors (Lipinski definition) is 7. The van der Waals surface area contributed by atoms with Gasteiger partial charge in [-0.3, -0.25) is 15.1 Å². The quantitative estimate of drug-likeness (QED) is 0.613. The summed E-state index contributed by atoms with van der Waals surface area (Å²) in [6, 6.07) is 3.63. The van der Waals surface area contributed by atoms with Crippen molar-refractivity contribution >= 4 is 17.9 Å². The number of hydrogen-bond donors (Lipinski definition) is 1. The lowest BCUT2D eigenvalue weighted by molar-refractivity contribution is -0.402. The lowest BCUT2D eigenvalue weighted by Gasteiger charge is -2.25. The second-order valence-electron chi connectivity index (χ2n) is 3.81. The Morgan fingerprint density at radius 1 is 1.67 bits per heavy atom. The number of rotatable bonds is 2. The van der Waals surface area contributed by atoms with Crippen LogP contribution in [0.3, 0.4) is 0 Å². The van der Waals surface area contributed by atoms with Gasteiger partial charge in [-0.25, -0.2) is 4.99 Å². The summed E-state index contributed by atoms with van der Waals surface area (Å²) in [6.45, 7) is 1.64. The van der Waals surface area contributed by atoms with Gasteiger partial charge in [0.25, 0.3) is 0 Å². The van der Waals surface area contributed by atoms with Crippen LogP contribution in [0.5, 0.6) is 0 Å². The molecule has 0 saturated carbocycles. The zero-order chi connectivity index (χ0) is 13.3. The molecule has 1 aromatic rings. The first-order valence-electron chi connectivity index (χ1n) is 5.00. The predicted octanol–water partition coefficient (Wildman–Crippen LogP) is 0.953. The van der Waals surface area contributed by atoms with Crippen LogP contribution in [-0.2, 0) is 0 Å². The Morgan fingerprint density at radius 2 is 2.39 bits per heavy atom. The van der Waals surface area contributed by atoms with Crippen LogP contribution in [0.15, 0.2) is 26.5 Å². The summed E-state index contributed by atoms with van der Waals surface area (Å²) < 4.78 is 5.03. The van der Waals surface area contributed by atoms with Crippen molar-refractivity contribution in [1.82, 2.24) is 0 Å². The third kappa shape index (κ3) is 1.87. The van der Waals surface area contributed by atoms with E-state index in [1.54, 1.807) is 6.92 Å². The molecule has 2 unspecified atom stereocenters. The summed E-state index contributed by atoms with van der Waals surface area (Å²) in [4.78, 5) is 17.9. The molecule has 0 amide bonds. The second-order valence-corrected chi connectivity index (χ2v) is 3.81. The molecule has 8 nitrogen and oxygen atoms in total. The molecular formula is C10H9N5O3. The number of nitro groups is 1. The lowest BCUT2D eigenvalue weighted by atomic mass is 9.91. The van der Waals surface area contributed by atoms with Gasteiger partial charge in [0.15, 0.2) is 5.54 Å². The van der Waals surface area contributed by atoms with E-state index in [9.17, 15) is 10.1 Å². The van der Waals surface area contributed by atoms with E-state index >= 15 is 0 Å². The van der Waals surface area contributed by atoms with Gasteiger partial charge in [0.1, 0.15) is 22.6 Å². The van der Waals surface area contributed by atoms with E-state index in [-0.39, 0.29) is 5.76 Å². The minimum absolute atomic E-state index is 0.163. The first-order chi connectivity index (χ1) is 8.46. The van der Waals surface area contributed by atoms with E-state index < -0.39 is 22.4 Å². The van der Waals surface area contributed by atoms with Crippen molar-refractivity contribution in [2.75, 3.05) is 0 Å². The third-order valence-electron chi connectivity index (χ3n) is 2.49. The zero-order valence-corrected chi connectivity index (χ0v) is 9.40.